The average molecular weight is 362 g/mol. The topological polar surface area (TPSA) is 90.9 Å². The summed E-state index contributed by atoms with van der Waals surface area (Å²) in [6, 6.07) is 17.4. The van der Waals surface area contributed by atoms with Crippen molar-refractivity contribution in [3.8, 4) is 6.07 Å². The highest BCUT2D eigenvalue weighted by Gasteiger charge is 2.21. The molecule has 0 saturated heterocycles. The Morgan fingerprint density at radius 3 is 2.46 bits per heavy atom. The number of hydrogen-bond acceptors (Lipinski definition) is 5. The van der Waals surface area contributed by atoms with Crippen molar-refractivity contribution >= 4 is 39.3 Å². The number of nitrogens with one attached hydrogen (secondary N) is 2. The lowest BCUT2D eigenvalue weighted by Gasteiger charge is -2.07. The van der Waals surface area contributed by atoms with Crippen molar-refractivity contribution in [2.45, 2.75) is 13.8 Å². The van der Waals surface area contributed by atoms with E-state index >= 15 is 0 Å². The fourth-order valence-electron chi connectivity index (χ4n) is 2.47. The van der Waals surface area contributed by atoms with E-state index in [0.717, 1.165) is 22.5 Å². The Labute approximate surface area is 156 Å². The zero-order valence-electron chi connectivity index (χ0n) is 14.5. The maximum absolute atomic E-state index is 12.6. The van der Waals surface area contributed by atoms with Gasteiger partial charge in [-0.25, -0.2) is 0 Å². The van der Waals surface area contributed by atoms with E-state index < -0.39 is 0 Å². The molecule has 4 N–H and O–H groups in total. The molecule has 0 aliphatic carbocycles. The van der Waals surface area contributed by atoms with E-state index in [1.165, 1.54) is 11.3 Å². The van der Waals surface area contributed by atoms with Crippen LogP contribution < -0.4 is 16.4 Å². The van der Waals surface area contributed by atoms with E-state index in [2.05, 4.69) is 16.7 Å². The fourth-order valence-corrected chi connectivity index (χ4v) is 3.46. The van der Waals surface area contributed by atoms with Crippen LogP contribution in [0.5, 0.6) is 0 Å². The Kier molecular flexibility index (Phi) is 4.92. The first-order valence-electron chi connectivity index (χ1n) is 8.02. The third-order valence-corrected chi connectivity index (χ3v) is 5.09. The highest BCUT2D eigenvalue weighted by Crippen LogP contribution is 2.37. The maximum Gasteiger partial charge on any atom is 0.267 e. The predicted molar refractivity (Wildman–Crippen MR) is 107 cm³/mol. The smallest absolute Gasteiger partial charge is 0.267 e. The number of nitrogen functional groups attached to an aromatic ring is 1. The molecule has 1 amide bonds. The third kappa shape index (κ3) is 3.53. The van der Waals surface area contributed by atoms with Crippen LogP contribution in [0.1, 0.15) is 26.4 Å². The van der Waals surface area contributed by atoms with Gasteiger partial charge >= 0.3 is 0 Å². The average Bonchev–Trinajstić information content (AvgIpc) is 2.94. The number of nitrogens with two attached hydrogens (primary N) is 1. The van der Waals surface area contributed by atoms with Crippen LogP contribution in [-0.2, 0) is 0 Å². The second-order valence-electron chi connectivity index (χ2n) is 5.92. The van der Waals surface area contributed by atoms with Gasteiger partial charge in [0.05, 0.1) is 5.69 Å². The number of aryl methyl sites for hydroxylation is 2. The highest BCUT2D eigenvalue weighted by atomic mass is 32.1. The van der Waals surface area contributed by atoms with Crippen molar-refractivity contribution in [2.24, 2.45) is 0 Å². The molecule has 0 radical (unpaired) electrons. The number of carbonyl (C=O) groups is 1. The first-order valence-corrected chi connectivity index (χ1v) is 8.84. The molecule has 0 bridgehead atoms. The van der Waals surface area contributed by atoms with Crippen LogP contribution in [0.3, 0.4) is 0 Å². The number of thiophene rings is 1. The van der Waals surface area contributed by atoms with E-state index in [1.807, 2.05) is 62.4 Å². The molecule has 5 nitrogen and oxygen atoms in total. The van der Waals surface area contributed by atoms with Gasteiger partial charge < -0.3 is 16.4 Å². The summed E-state index contributed by atoms with van der Waals surface area (Å²) in [6.45, 7) is 3.92. The zero-order chi connectivity index (χ0) is 18.7. The molecule has 26 heavy (non-hydrogen) atoms. The quantitative estimate of drug-likeness (QED) is 0.621. The molecule has 0 unspecified atom stereocenters. The predicted octanol–water partition coefficient (Wildman–Crippen LogP) is 4.81. The lowest BCUT2D eigenvalue weighted by molar-refractivity contribution is 0.103. The number of hydrogen-bond donors (Lipinski definition) is 3. The van der Waals surface area contributed by atoms with Crippen LogP contribution in [0.15, 0.2) is 48.5 Å². The Bertz CT molecular complexity index is 1000. The van der Waals surface area contributed by atoms with Crippen LogP contribution in [-0.4, -0.2) is 5.91 Å². The van der Waals surface area contributed by atoms with Gasteiger partial charge in [0.25, 0.3) is 5.91 Å². The van der Waals surface area contributed by atoms with Crippen molar-refractivity contribution in [2.75, 3.05) is 16.4 Å². The summed E-state index contributed by atoms with van der Waals surface area (Å²) >= 11 is 1.17. The van der Waals surface area contributed by atoms with Crippen molar-refractivity contribution in [3.05, 3.63) is 70.1 Å². The summed E-state index contributed by atoms with van der Waals surface area (Å²) in [5, 5.41) is 16.0. The van der Waals surface area contributed by atoms with E-state index in [0.29, 0.717) is 9.88 Å². The first-order chi connectivity index (χ1) is 12.5. The molecule has 1 heterocycles. The molecular weight excluding hydrogens is 344 g/mol. The Balaban J connectivity index is 1.90. The minimum Gasteiger partial charge on any atom is -0.396 e. The van der Waals surface area contributed by atoms with E-state index in [9.17, 15) is 10.1 Å². The molecular formula is C20H18N4OS. The molecule has 0 aliphatic heterocycles. The zero-order valence-corrected chi connectivity index (χ0v) is 15.3. The maximum atomic E-state index is 12.6. The van der Waals surface area contributed by atoms with Gasteiger partial charge in [0.1, 0.15) is 21.5 Å². The Morgan fingerprint density at radius 1 is 1.12 bits per heavy atom. The molecule has 130 valence electrons. The lowest BCUT2D eigenvalue weighted by Crippen LogP contribution is -2.12. The summed E-state index contributed by atoms with van der Waals surface area (Å²) in [5.41, 5.74) is 10.2. The van der Waals surface area contributed by atoms with E-state index in [1.54, 1.807) is 0 Å². The van der Waals surface area contributed by atoms with Gasteiger partial charge in [0, 0.05) is 11.4 Å². The minimum atomic E-state index is -0.324. The number of para-hydroxylation sites is 1. The second kappa shape index (κ2) is 7.30. The van der Waals surface area contributed by atoms with Gasteiger partial charge in [-0.2, -0.15) is 5.26 Å². The molecule has 3 rings (SSSR count). The monoisotopic (exact) mass is 362 g/mol. The number of anilines is 4. The number of benzene rings is 2. The number of nitrogens with zero attached hydrogens (tertiary/aromatic N) is 1. The SMILES string of the molecule is Cc1ccc(Nc2sc(C(=O)Nc3ccccc3C)c(N)c2C#N)cc1. The molecule has 6 heteroatoms. The summed E-state index contributed by atoms with van der Waals surface area (Å²) in [7, 11) is 0. The van der Waals surface area contributed by atoms with Crippen LogP contribution in [0.2, 0.25) is 0 Å². The number of carbonyl (C=O) groups excluding carboxylic acids is 1. The third-order valence-electron chi connectivity index (χ3n) is 3.97. The molecule has 3 aromatic rings. The highest BCUT2D eigenvalue weighted by molar-refractivity contribution is 7.19. The van der Waals surface area contributed by atoms with Crippen molar-refractivity contribution in [1.82, 2.24) is 0 Å². The minimum absolute atomic E-state index is 0.193. The van der Waals surface area contributed by atoms with Crippen LogP contribution >= 0.6 is 11.3 Å². The Morgan fingerprint density at radius 2 is 1.81 bits per heavy atom. The molecule has 2 aromatic carbocycles. The van der Waals surface area contributed by atoms with E-state index in [4.69, 9.17) is 5.73 Å². The normalized spacial score (nSPS) is 10.2. The van der Waals surface area contributed by atoms with Gasteiger partial charge in [0.15, 0.2) is 0 Å². The van der Waals surface area contributed by atoms with Crippen LogP contribution in [0.4, 0.5) is 22.1 Å². The van der Waals surface area contributed by atoms with Crippen LogP contribution in [0, 0.1) is 25.2 Å². The second-order valence-corrected chi connectivity index (χ2v) is 6.94. The molecule has 0 saturated carbocycles. The number of nitriles is 1. The van der Waals surface area contributed by atoms with Crippen LogP contribution in [0.25, 0.3) is 0 Å². The summed E-state index contributed by atoms with van der Waals surface area (Å²) in [6.07, 6.45) is 0. The largest absolute Gasteiger partial charge is 0.396 e. The number of rotatable bonds is 4. The standard InChI is InChI=1S/C20H18N4OS/c1-12-7-9-14(10-8-12)23-20-15(11-21)17(22)18(26-20)19(25)24-16-6-4-3-5-13(16)2/h3-10,23H,22H2,1-2H3,(H,24,25). The van der Waals surface area contributed by atoms with Gasteiger partial charge in [0.2, 0.25) is 0 Å². The first kappa shape index (κ1) is 17.5. The number of amides is 1. The molecule has 0 aliphatic rings. The van der Waals surface area contributed by atoms with E-state index in [-0.39, 0.29) is 17.2 Å². The van der Waals surface area contributed by atoms with Gasteiger partial charge in [-0.3, -0.25) is 4.79 Å². The van der Waals surface area contributed by atoms with Gasteiger partial charge in [-0.1, -0.05) is 35.9 Å². The van der Waals surface area contributed by atoms with Gasteiger partial charge in [-0.05, 0) is 37.6 Å². The Hall–Kier alpha value is -3.30. The summed E-state index contributed by atoms with van der Waals surface area (Å²) < 4.78 is 0. The lowest BCUT2D eigenvalue weighted by atomic mass is 10.2. The van der Waals surface area contributed by atoms with Gasteiger partial charge in [-0.15, -0.1) is 11.3 Å². The molecule has 0 fully saturated rings. The molecule has 0 atom stereocenters. The summed E-state index contributed by atoms with van der Waals surface area (Å²) in [4.78, 5) is 13.0. The van der Waals surface area contributed by atoms with Crippen molar-refractivity contribution in [3.63, 3.8) is 0 Å². The molecule has 1 aromatic heterocycles. The van der Waals surface area contributed by atoms with Crippen molar-refractivity contribution < 1.29 is 4.79 Å². The molecule has 0 spiro atoms. The fraction of sp³-hybridized carbons (Fsp3) is 0.100. The summed E-state index contributed by atoms with van der Waals surface area (Å²) in [5.74, 6) is -0.324. The van der Waals surface area contributed by atoms with Crippen molar-refractivity contribution in [1.29, 1.82) is 5.26 Å².